The van der Waals surface area contributed by atoms with Gasteiger partial charge in [-0.2, -0.15) is 4.68 Å². The lowest BCUT2D eigenvalue weighted by molar-refractivity contribution is 0.251. The number of nitrogens with zero attached hydrogens (tertiary/aromatic N) is 3. The molecule has 5 heteroatoms. The summed E-state index contributed by atoms with van der Waals surface area (Å²) in [5.74, 6) is 0. The quantitative estimate of drug-likeness (QED) is 0.736. The number of carbonyl (C=O) groups is 1. The number of hydrogen-bond donors (Lipinski definition) is 1. The molecule has 1 amide bonds. The van der Waals surface area contributed by atoms with Gasteiger partial charge in [0.25, 0.3) is 0 Å². The number of aryl methyl sites for hydroxylation is 1. The third-order valence-corrected chi connectivity index (χ3v) is 3.39. The van der Waals surface area contributed by atoms with Gasteiger partial charge >= 0.3 is 6.03 Å². The van der Waals surface area contributed by atoms with E-state index in [1.54, 1.807) is 0 Å². The Bertz CT molecular complexity index is 791. The molecule has 0 radical (unpaired) electrons. The summed E-state index contributed by atoms with van der Waals surface area (Å²) in [4.78, 5) is 12.3. The van der Waals surface area contributed by atoms with E-state index in [1.807, 2.05) is 56.3 Å². The van der Waals surface area contributed by atoms with E-state index in [0.29, 0.717) is 11.0 Å². The van der Waals surface area contributed by atoms with Gasteiger partial charge in [-0.1, -0.05) is 29.5 Å². The van der Waals surface area contributed by atoms with Crippen molar-refractivity contribution in [1.29, 1.82) is 0 Å². The number of amides is 1. The Morgan fingerprint density at radius 3 is 2.75 bits per heavy atom. The molecule has 5 nitrogen and oxygen atoms in total. The Kier molecular flexibility index (Phi) is 2.95. The second-order valence-electron chi connectivity index (χ2n) is 4.67. The SMILES string of the molecule is Cc1cccc(NC(=O)n2nnc3ccccc32)c1C. The Morgan fingerprint density at radius 2 is 1.90 bits per heavy atom. The van der Waals surface area contributed by atoms with Crippen LogP contribution in [0.3, 0.4) is 0 Å². The van der Waals surface area contributed by atoms with Crippen molar-refractivity contribution >= 4 is 22.8 Å². The van der Waals surface area contributed by atoms with Gasteiger partial charge in [-0.05, 0) is 43.2 Å². The Hall–Kier alpha value is -2.69. The number of fused-ring (bicyclic) bond motifs is 1. The highest BCUT2D eigenvalue weighted by Crippen LogP contribution is 2.18. The molecule has 0 atom stereocenters. The second-order valence-corrected chi connectivity index (χ2v) is 4.67. The predicted octanol–water partition coefficient (Wildman–Crippen LogP) is 3.13. The van der Waals surface area contributed by atoms with Crippen molar-refractivity contribution in [3.8, 4) is 0 Å². The van der Waals surface area contributed by atoms with E-state index in [1.165, 1.54) is 4.68 Å². The van der Waals surface area contributed by atoms with Gasteiger partial charge in [0.1, 0.15) is 5.52 Å². The minimum absolute atomic E-state index is 0.313. The van der Waals surface area contributed by atoms with Crippen LogP contribution in [0, 0.1) is 13.8 Å². The van der Waals surface area contributed by atoms with Crippen LogP contribution in [0.1, 0.15) is 11.1 Å². The third kappa shape index (κ3) is 2.03. The molecule has 0 saturated heterocycles. The summed E-state index contributed by atoms with van der Waals surface area (Å²) in [5.41, 5.74) is 4.35. The highest BCUT2D eigenvalue weighted by atomic mass is 16.2. The average molecular weight is 266 g/mol. The summed E-state index contributed by atoms with van der Waals surface area (Å²) < 4.78 is 1.27. The van der Waals surface area contributed by atoms with Crippen molar-refractivity contribution in [2.45, 2.75) is 13.8 Å². The molecular formula is C15H14N4O. The first-order chi connectivity index (χ1) is 9.66. The van der Waals surface area contributed by atoms with E-state index in [2.05, 4.69) is 15.6 Å². The number of rotatable bonds is 1. The summed E-state index contributed by atoms with van der Waals surface area (Å²) in [6.45, 7) is 3.99. The topological polar surface area (TPSA) is 59.8 Å². The standard InChI is InChI=1S/C15H14N4O/c1-10-6-5-8-12(11(10)2)16-15(20)19-14-9-4-3-7-13(14)17-18-19/h3-9H,1-2H3,(H,16,20). The molecule has 1 heterocycles. The van der Waals surface area contributed by atoms with Crippen molar-refractivity contribution in [2.75, 3.05) is 5.32 Å². The van der Waals surface area contributed by atoms with Crippen molar-refractivity contribution in [1.82, 2.24) is 15.0 Å². The third-order valence-electron chi connectivity index (χ3n) is 3.39. The molecular weight excluding hydrogens is 252 g/mol. The first-order valence-corrected chi connectivity index (χ1v) is 6.35. The molecule has 100 valence electrons. The first-order valence-electron chi connectivity index (χ1n) is 6.35. The van der Waals surface area contributed by atoms with Gasteiger partial charge < -0.3 is 5.32 Å². The van der Waals surface area contributed by atoms with E-state index in [-0.39, 0.29) is 6.03 Å². The lowest BCUT2D eigenvalue weighted by atomic mass is 10.1. The molecule has 0 bridgehead atoms. The molecule has 0 aliphatic carbocycles. The maximum Gasteiger partial charge on any atom is 0.348 e. The van der Waals surface area contributed by atoms with Gasteiger partial charge in [-0.3, -0.25) is 0 Å². The molecule has 0 aliphatic heterocycles. The number of benzene rings is 2. The normalized spacial score (nSPS) is 10.7. The minimum atomic E-state index is -0.313. The van der Waals surface area contributed by atoms with Gasteiger partial charge in [-0.25, -0.2) is 4.79 Å². The van der Waals surface area contributed by atoms with Crippen molar-refractivity contribution < 1.29 is 4.79 Å². The molecule has 3 rings (SSSR count). The molecule has 0 spiro atoms. The van der Waals surface area contributed by atoms with Crippen LogP contribution in [0.5, 0.6) is 0 Å². The Morgan fingerprint density at radius 1 is 1.10 bits per heavy atom. The monoisotopic (exact) mass is 266 g/mol. The molecule has 0 aliphatic rings. The van der Waals surface area contributed by atoms with E-state index in [9.17, 15) is 4.79 Å². The lowest BCUT2D eigenvalue weighted by Gasteiger charge is -2.10. The molecule has 0 saturated carbocycles. The number of carbonyl (C=O) groups excluding carboxylic acids is 1. The second kappa shape index (κ2) is 4.77. The summed E-state index contributed by atoms with van der Waals surface area (Å²) in [6, 6.07) is 12.8. The lowest BCUT2D eigenvalue weighted by Crippen LogP contribution is -2.21. The molecule has 0 unspecified atom stereocenters. The molecule has 0 fully saturated rings. The highest BCUT2D eigenvalue weighted by Gasteiger charge is 2.12. The van der Waals surface area contributed by atoms with Gasteiger partial charge in [0.2, 0.25) is 0 Å². The average Bonchev–Trinajstić information content (AvgIpc) is 2.88. The molecule has 1 N–H and O–H groups in total. The van der Waals surface area contributed by atoms with E-state index < -0.39 is 0 Å². The predicted molar refractivity (Wildman–Crippen MR) is 77.9 cm³/mol. The Balaban J connectivity index is 1.95. The zero-order valence-corrected chi connectivity index (χ0v) is 11.3. The van der Waals surface area contributed by atoms with Crippen LogP contribution in [0.2, 0.25) is 0 Å². The zero-order valence-electron chi connectivity index (χ0n) is 11.3. The summed E-state index contributed by atoms with van der Waals surface area (Å²) in [6.07, 6.45) is 0. The van der Waals surface area contributed by atoms with E-state index >= 15 is 0 Å². The fraction of sp³-hybridized carbons (Fsp3) is 0.133. The largest absolute Gasteiger partial charge is 0.348 e. The Labute approximate surface area is 116 Å². The first kappa shape index (κ1) is 12.3. The molecule has 1 aromatic heterocycles. The van der Waals surface area contributed by atoms with Crippen molar-refractivity contribution in [2.24, 2.45) is 0 Å². The van der Waals surface area contributed by atoms with Crippen LogP contribution in [0.15, 0.2) is 42.5 Å². The van der Waals surface area contributed by atoms with Gasteiger partial charge in [0.05, 0.1) is 5.52 Å². The van der Waals surface area contributed by atoms with Gasteiger partial charge in [0.15, 0.2) is 0 Å². The number of aromatic nitrogens is 3. The van der Waals surface area contributed by atoms with Crippen LogP contribution in [0.4, 0.5) is 10.5 Å². The van der Waals surface area contributed by atoms with Crippen LogP contribution in [-0.2, 0) is 0 Å². The number of nitrogens with one attached hydrogen (secondary N) is 1. The maximum atomic E-state index is 12.3. The maximum absolute atomic E-state index is 12.3. The molecule has 20 heavy (non-hydrogen) atoms. The fourth-order valence-corrected chi connectivity index (χ4v) is 2.07. The molecule has 2 aromatic carbocycles. The number of hydrogen-bond acceptors (Lipinski definition) is 3. The fourth-order valence-electron chi connectivity index (χ4n) is 2.07. The minimum Gasteiger partial charge on any atom is -0.306 e. The van der Waals surface area contributed by atoms with E-state index in [0.717, 1.165) is 16.8 Å². The summed E-state index contributed by atoms with van der Waals surface area (Å²) in [7, 11) is 0. The summed E-state index contributed by atoms with van der Waals surface area (Å²) in [5, 5.41) is 10.7. The van der Waals surface area contributed by atoms with Crippen LogP contribution >= 0.6 is 0 Å². The van der Waals surface area contributed by atoms with Crippen LogP contribution in [-0.4, -0.2) is 21.0 Å². The van der Waals surface area contributed by atoms with Crippen LogP contribution in [0.25, 0.3) is 11.0 Å². The smallest absolute Gasteiger partial charge is 0.306 e. The van der Waals surface area contributed by atoms with Gasteiger partial charge in [0, 0.05) is 5.69 Å². The molecule has 3 aromatic rings. The van der Waals surface area contributed by atoms with Gasteiger partial charge in [-0.15, -0.1) is 5.10 Å². The van der Waals surface area contributed by atoms with E-state index in [4.69, 9.17) is 0 Å². The number of anilines is 1. The summed E-state index contributed by atoms with van der Waals surface area (Å²) >= 11 is 0. The number of para-hydroxylation sites is 1. The zero-order chi connectivity index (χ0) is 14.1. The van der Waals surface area contributed by atoms with Crippen LogP contribution < -0.4 is 5.32 Å². The van der Waals surface area contributed by atoms with Crippen molar-refractivity contribution in [3.05, 3.63) is 53.6 Å². The van der Waals surface area contributed by atoms with Crippen molar-refractivity contribution in [3.63, 3.8) is 0 Å². The highest BCUT2D eigenvalue weighted by molar-refractivity contribution is 5.96.